The molecular formula is C9H19N3O2S. The van der Waals surface area contributed by atoms with Crippen LogP contribution in [0.25, 0.3) is 0 Å². The molecule has 0 aromatic carbocycles. The quantitative estimate of drug-likeness (QED) is 0.619. The summed E-state index contributed by atoms with van der Waals surface area (Å²) < 4.78 is 27.2. The molecule has 0 saturated carbocycles. The van der Waals surface area contributed by atoms with Gasteiger partial charge in [-0.05, 0) is 44.7 Å². The Morgan fingerprint density at radius 2 is 1.87 bits per heavy atom. The maximum atomic E-state index is 11.1. The predicted molar refractivity (Wildman–Crippen MR) is 58.7 cm³/mol. The van der Waals surface area contributed by atoms with Crippen molar-refractivity contribution in [2.45, 2.75) is 31.7 Å². The molecule has 0 radical (unpaired) electrons. The van der Waals surface area contributed by atoms with Crippen molar-refractivity contribution in [3.05, 3.63) is 0 Å². The molecule has 0 aromatic heterocycles. The molecule has 6 heteroatoms. The largest absolute Gasteiger partial charge is 0.317 e. The van der Waals surface area contributed by atoms with E-state index in [2.05, 4.69) is 14.8 Å². The van der Waals surface area contributed by atoms with E-state index in [9.17, 15) is 8.42 Å². The fourth-order valence-corrected chi connectivity index (χ4v) is 3.43. The summed E-state index contributed by atoms with van der Waals surface area (Å²) in [6, 6.07) is 0.102. The third-order valence-corrected chi connectivity index (χ3v) is 4.41. The van der Waals surface area contributed by atoms with Crippen LogP contribution in [0.4, 0.5) is 0 Å². The number of hydrogen-bond donors (Lipinski definition) is 3. The zero-order valence-corrected chi connectivity index (χ0v) is 9.65. The zero-order valence-electron chi connectivity index (χ0n) is 8.83. The summed E-state index contributed by atoms with van der Waals surface area (Å²) >= 11 is 0. The topological polar surface area (TPSA) is 70.2 Å². The predicted octanol–water partition coefficient (Wildman–Crippen LogP) is -0.428. The third-order valence-electron chi connectivity index (χ3n) is 3.22. The minimum absolute atomic E-state index is 0.102. The normalized spacial score (nSPS) is 31.9. The van der Waals surface area contributed by atoms with Gasteiger partial charge in [0.1, 0.15) is 0 Å². The third kappa shape index (κ3) is 3.41. The van der Waals surface area contributed by atoms with Crippen LogP contribution in [0.15, 0.2) is 0 Å². The van der Waals surface area contributed by atoms with Crippen molar-refractivity contribution in [3.63, 3.8) is 0 Å². The molecule has 2 saturated heterocycles. The molecule has 0 spiro atoms. The Morgan fingerprint density at radius 3 is 2.47 bits per heavy atom. The van der Waals surface area contributed by atoms with Gasteiger partial charge in [-0.2, -0.15) is 13.1 Å². The summed E-state index contributed by atoms with van der Waals surface area (Å²) in [6.45, 7) is 2.77. The highest BCUT2D eigenvalue weighted by Crippen LogP contribution is 2.19. The van der Waals surface area contributed by atoms with E-state index in [4.69, 9.17) is 0 Å². The van der Waals surface area contributed by atoms with Gasteiger partial charge in [-0.1, -0.05) is 0 Å². The summed E-state index contributed by atoms with van der Waals surface area (Å²) in [4.78, 5) is 0. The SMILES string of the molecule is O=S1(=O)NCC(CCC2CCNCC2)N1. The van der Waals surface area contributed by atoms with Crippen LogP contribution < -0.4 is 14.8 Å². The first-order valence-electron chi connectivity index (χ1n) is 5.63. The number of piperidine rings is 1. The molecule has 88 valence electrons. The molecule has 2 rings (SSSR count). The van der Waals surface area contributed by atoms with Gasteiger partial charge in [0.15, 0.2) is 0 Å². The van der Waals surface area contributed by atoms with E-state index in [0.717, 1.165) is 31.8 Å². The average molecular weight is 233 g/mol. The first kappa shape index (κ1) is 11.3. The van der Waals surface area contributed by atoms with Crippen LogP contribution in [0, 0.1) is 5.92 Å². The molecule has 1 unspecified atom stereocenters. The highest BCUT2D eigenvalue weighted by atomic mass is 32.2. The minimum Gasteiger partial charge on any atom is -0.317 e. The van der Waals surface area contributed by atoms with Crippen LogP contribution in [0.3, 0.4) is 0 Å². The molecule has 2 heterocycles. The highest BCUT2D eigenvalue weighted by molar-refractivity contribution is 7.87. The number of hydrogen-bond acceptors (Lipinski definition) is 3. The van der Waals surface area contributed by atoms with Crippen LogP contribution in [-0.2, 0) is 10.2 Å². The molecule has 0 aromatic rings. The monoisotopic (exact) mass is 233 g/mol. The van der Waals surface area contributed by atoms with Gasteiger partial charge in [0.05, 0.1) is 0 Å². The van der Waals surface area contributed by atoms with Gasteiger partial charge in [-0.15, -0.1) is 0 Å². The highest BCUT2D eigenvalue weighted by Gasteiger charge is 2.26. The fraction of sp³-hybridized carbons (Fsp3) is 1.00. The fourth-order valence-electron chi connectivity index (χ4n) is 2.28. The van der Waals surface area contributed by atoms with Crippen molar-refractivity contribution in [2.24, 2.45) is 5.92 Å². The molecule has 3 N–H and O–H groups in total. The smallest absolute Gasteiger partial charge is 0.277 e. The zero-order chi connectivity index (χ0) is 10.7. The molecule has 15 heavy (non-hydrogen) atoms. The Bertz CT molecular complexity index is 298. The van der Waals surface area contributed by atoms with Crippen LogP contribution in [0.2, 0.25) is 0 Å². The van der Waals surface area contributed by atoms with Crippen molar-refractivity contribution in [2.75, 3.05) is 19.6 Å². The van der Waals surface area contributed by atoms with Crippen molar-refractivity contribution in [3.8, 4) is 0 Å². The molecule has 0 amide bonds. The number of nitrogens with one attached hydrogen (secondary N) is 3. The summed E-state index contributed by atoms with van der Waals surface area (Å²) in [6.07, 6.45) is 4.55. The Labute approximate surface area is 91.2 Å². The lowest BCUT2D eigenvalue weighted by atomic mass is 9.91. The van der Waals surface area contributed by atoms with Gasteiger partial charge in [-0.25, -0.2) is 4.72 Å². The second-order valence-electron chi connectivity index (χ2n) is 4.44. The minimum atomic E-state index is -3.16. The van der Waals surface area contributed by atoms with Gasteiger partial charge in [0.2, 0.25) is 0 Å². The van der Waals surface area contributed by atoms with Gasteiger partial charge >= 0.3 is 0 Å². The van der Waals surface area contributed by atoms with E-state index in [1.165, 1.54) is 12.8 Å². The first-order chi connectivity index (χ1) is 7.16. The van der Waals surface area contributed by atoms with Crippen molar-refractivity contribution in [1.29, 1.82) is 0 Å². The summed E-state index contributed by atoms with van der Waals surface area (Å²) in [5, 5.41) is 3.33. The van der Waals surface area contributed by atoms with Gasteiger partial charge in [-0.3, -0.25) is 0 Å². The Kier molecular flexibility index (Phi) is 3.60. The maximum absolute atomic E-state index is 11.1. The summed E-state index contributed by atoms with van der Waals surface area (Å²) in [7, 11) is -3.16. The van der Waals surface area contributed by atoms with Crippen LogP contribution in [-0.4, -0.2) is 34.1 Å². The van der Waals surface area contributed by atoms with E-state index < -0.39 is 10.2 Å². The lowest BCUT2D eigenvalue weighted by molar-refractivity contribution is 0.335. The van der Waals surface area contributed by atoms with Gasteiger partial charge < -0.3 is 5.32 Å². The molecule has 5 nitrogen and oxygen atoms in total. The second-order valence-corrected chi connectivity index (χ2v) is 5.97. The van der Waals surface area contributed by atoms with E-state index in [0.29, 0.717) is 6.54 Å². The number of rotatable bonds is 3. The Balaban J connectivity index is 1.70. The standard InChI is InChI=1S/C9H19N3O2S/c13-15(14)11-7-9(12-15)2-1-8-3-5-10-6-4-8/h8-12H,1-7H2. The molecular weight excluding hydrogens is 214 g/mol. The van der Waals surface area contributed by atoms with Crippen molar-refractivity contribution < 1.29 is 8.42 Å². The van der Waals surface area contributed by atoms with Crippen LogP contribution in [0.1, 0.15) is 25.7 Å². The molecule has 0 aliphatic carbocycles. The van der Waals surface area contributed by atoms with Crippen molar-refractivity contribution in [1.82, 2.24) is 14.8 Å². The first-order valence-corrected chi connectivity index (χ1v) is 7.12. The van der Waals surface area contributed by atoms with Crippen molar-refractivity contribution >= 4 is 10.2 Å². The van der Waals surface area contributed by atoms with Gasteiger partial charge in [0.25, 0.3) is 10.2 Å². The van der Waals surface area contributed by atoms with E-state index in [-0.39, 0.29) is 6.04 Å². The molecule has 2 fully saturated rings. The Morgan fingerprint density at radius 1 is 1.13 bits per heavy atom. The van der Waals surface area contributed by atoms with Crippen LogP contribution in [0.5, 0.6) is 0 Å². The maximum Gasteiger partial charge on any atom is 0.277 e. The summed E-state index contributed by atoms with van der Waals surface area (Å²) in [5.41, 5.74) is 0. The molecule has 0 bridgehead atoms. The van der Waals surface area contributed by atoms with Crippen LogP contribution >= 0.6 is 0 Å². The molecule has 1 atom stereocenters. The lowest BCUT2D eigenvalue weighted by Crippen LogP contribution is -2.31. The van der Waals surface area contributed by atoms with Gasteiger partial charge in [0, 0.05) is 12.6 Å². The Hall–Kier alpha value is -0.170. The lowest BCUT2D eigenvalue weighted by Gasteiger charge is -2.23. The summed E-state index contributed by atoms with van der Waals surface area (Å²) in [5.74, 6) is 0.774. The second kappa shape index (κ2) is 4.78. The van der Waals surface area contributed by atoms with E-state index in [1.54, 1.807) is 0 Å². The molecule has 2 aliphatic heterocycles. The van der Waals surface area contributed by atoms with E-state index in [1.807, 2.05) is 0 Å². The van der Waals surface area contributed by atoms with E-state index >= 15 is 0 Å². The molecule has 2 aliphatic rings. The average Bonchev–Trinajstić information content (AvgIpc) is 2.57.